The number of nitrogens with zero attached hydrogens (tertiary/aromatic N) is 2. The highest BCUT2D eigenvalue weighted by molar-refractivity contribution is 8.15. The van der Waals surface area contributed by atoms with Crippen LogP contribution in [0.1, 0.15) is 5.56 Å². The molecule has 8 heteroatoms. The first-order chi connectivity index (χ1) is 9.11. The fourth-order valence-corrected chi connectivity index (χ4v) is 2.29. The van der Waals surface area contributed by atoms with Gasteiger partial charge in [0.05, 0.1) is 24.1 Å². The van der Waals surface area contributed by atoms with Crippen molar-refractivity contribution in [1.29, 1.82) is 0 Å². The van der Waals surface area contributed by atoms with Crippen molar-refractivity contribution >= 4 is 40.7 Å². The Hall–Kier alpha value is -1.73. The summed E-state index contributed by atoms with van der Waals surface area (Å²) < 4.78 is 4.97. The zero-order chi connectivity index (χ0) is 13.8. The number of halogens is 1. The van der Waals surface area contributed by atoms with Gasteiger partial charge < -0.3 is 15.2 Å². The summed E-state index contributed by atoms with van der Waals surface area (Å²) >= 11 is 7.31. The second kappa shape index (κ2) is 5.94. The van der Waals surface area contributed by atoms with Crippen molar-refractivity contribution in [3.63, 3.8) is 0 Å². The number of amides is 1. The smallest absolute Gasteiger partial charge is 0.236 e. The number of carbonyl (C=O) groups is 1. The SMILES string of the molecule is COc1c(O)ccc(C=NN=C2NC(=O)CS2)c1Cl. The van der Waals surface area contributed by atoms with E-state index in [2.05, 4.69) is 15.5 Å². The molecule has 1 amide bonds. The van der Waals surface area contributed by atoms with E-state index in [0.717, 1.165) is 0 Å². The molecule has 2 rings (SSSR count). The fourth-order valence-electron chi connectivity index (χ4n) is 1.38. The zero-order valence-corrected chi connectivity index (χ0v) is 11.5. The van der Waals surface area contributed by atoms with Gasteiger partial charge in [0.25, 0.3) is 0 Å². The van der Waals surface area contributed by atoms with E-state index in [9.17, 15) is 9.90 Å². The molecule has 1 aliphatic rings. The molecule has 0 radical (unpaired) electrons. The molecule has 0 bridgehead atoms. The van der Waals surface area contributed by atoms with E-state index in [1.807, 2.05) is 0 Å². The minimum atomic E-state index is -0.0942. The van der Waals surface area contributed by atoms with Crippen LogP contribution in [0.2, 0.25) is 5.02 Å². The standard InChI is InChI=1S/C11H10ClN3O3S/c1-18-10-7(16)3-2-6(9(10)12)4-13-15-11-14-8(17)5-19-11/h2-4,16H,5H2,1H3,(H,14,15,17). The van der Waals surface area contributed by atoms with E-state index in [1.54, 1.807) is 6.07 Å². The van der Waals surface area contributed by atoms with E-state index in [0.29, 0.717) is 16.5 Å². The third kappa shape index (κ3) is 3.18. The van der Waals surface area contributed by atoms with Gasteiger partial charge in [-0.3, -0.25) is 4.79 Å². The Bertz CT molecular complexity index is 575. The first kappa shape index (κ1) is 13.7. The van der Waals surface area contributed by atoms with Gasteiger partial charge in [0.15, 0.2) is 16.7 Å². The fraction of sp³-hybridized carbons (Fsp3) is 0.182. The Kier molecular flexibility index (Phi) is 4.28. The molecule has 0 spiro atoms. The van der Waals surface area contributed by atoms with Crippen molar-refractivity contribution in [2.45, 2.75) is 0 Å². The molecule has 1 aliphatic heterocycles. The van der Waals surface area contributed by atoms with Gasteiger partial charge in [0.1, 0.15) is 0 Å². The number of carbonyl (C=O) groups excluding carboxylic acids is 1. The van der Waals surface area contributed by atoms with Crippen LogP contribution < -0.4 is 10.1 Å². The van der Waals surface area contributed by atoms with Crippen molar-refractivity contribution in [2.24, 2.45) is 10.2 Å². The lowest BCUT2D eigenvalue weighted by Gasteiger charge is -2.06. The van der Waals surface area contributed by atoms with Crippen molar-refractivity contribution in [1.82, 2.24) is 5.32 Å². The average molecular weight is 300 g/mol. The molecule has 19 heavy (non-hydrogen) atoms. The largest absolute Gasteiger partial charge is 0.504 e. The molecule has 2 N–H and O–H groups in total. The Morgan fingerprint density at radius 2 is 2.37 bits per heavy atom. The number of ether oxygens (including phenoxy) is 1. The lowest BCUT2D eigenvalue weighted by atomic mass is 10.2. The molecule has 100 valence electrons. The van der Waals surface area contributed by atoms with E-state index in [-0.39, 0.29) is 22.4 Å². The second-order valence-corrected chi connectivity index (χ2v) is 4.85. The zero-order valence-electron chi connectivity index (χ0n) is 9.88. The second-order valence-electron chi connectivity index (χ2n) is 3.51. The van der Waals surface area contributed by atoms with Crippen LogP contribution in [0.4, 0.5) is 0 Å². The lowest BCUT2D eigenvalue weighted by Crippen LogP contribution is -2.19. The van der Waals surface area contributed by atoms with E-state index in [1.165, 1.54) is 31.2 Å². The van der Waals surface area contributed by atoms with Gasteiger partial charge in [-0.05, 0) is 12.1 Å². The maximum atomic E-state index is 10.9. The number of benzene rings is 1. The summed E-state index contributed by atoms with van der Waals surface area (Å²) in [5.41, 5.74) is 0.551. The summed E-state index contributed by atoms with van der Waals surface area (Å²) in [6, 6.07) is 3.04. The number of amidine groups is 1. The lowest BCUT2D eigenvalue weighted by molar-refractivity contribution is -0.116. The third-order valence-corrected chi connectivity index (χ3v) is 3.50. The highest BCUT2D eigenvalue weighted by Gasteiger charge is 2.16. The average Bonchev–Trinajstić information content (AvgIpc) is 2.79. The number of phenols is 1. The Morgan fingerprint density at radius 1 is 1.58 bits per heavy atom. The molecule has 1 saturated heterocycles. The maximum Gasteiger partial charge on any atom is 0.236 e. The van der Waals surface area contributed by atoms with Crippen molar-refractivity contribution in [3.05, 3.63) is 22.7 Å². The molecular weight excluding hydrogens is 290 g/mol. The third-order valence-electron chi connectivity index (χ3n) is 2.24. The van der Waals surface area contributed by atoms with Gasteiger partial charge in [-0.25, -0.2) is 0 Å². The van der Waals surface area contributed by atoms with Gasteiger partial charge in [-0.1, -0.05) is 23.4 Å². The number of rotatable bonds is 3. The minimum absolute atomic E-state index is 0.0467. The number of methoxy groups -OCH3 is 1. The van der Waals surface area contributed by atoms with Gasteiger partial charge in [0.2, 0.25) is 5.91 Å². The Balaban J connectivity index is 2.17. The van der Waals surface area contributed by atoms with Crippen molar-refractivity contribution in [3.8, 4) is 11.5 Å². The predicted molar refractivity (Wildman–Crippen MR) is 75.3 cm³/mol. The number of nitrogens with one attached hydrogen (secondary N) is 1. The van der Waals surface area contributed by atoms with Gasteiger partial charge in [0, 0.05) is 5.56 Å². The number of hydrogen-bond acceptors (Lipinski definition) is 6. The molecule has 1 aromatic rings. The summed E-state index contributed by atoms with van der Waals surface area (Å²) in [6.45, 7) is 0. The normalized spacial score (nSPS) is 17.2. The molecular formula is C11H10ClN3O3S. The molecule has 0 aliphatic carbocycles. The van der Waals surface area contributed by atoms with Crippen LogP contribution >= 0.6 is 23.4 Å². The summed E-state index contributed by atoms with van der Waals surface area (Å²) in [7, 11) is 1.41. The van der Waals surface area contributed by atoms with Crippen LogP contribution in [-0.2, 0) is 4.79 Å². The number of hydrogen-bond donors (Lipinski definition) is 2. The predicted octanol–water partition coefficient (Wildman–Crippen LogP) is 1.61. The highest BCUT2D eigenvalue weighted by Crippen LogP contribution is 2.35. The van der Waals surface area contributed by atoms with Crippen LogP contribution in [0.3, 0.4) is 0 Å². The summed E-state index contributed by atoms with van der Waals surface area (Å²) in [5.74, 6) is 0.391. The van der Waals surface area contributed by atoms with Gasteiger partial charge >= 0.3 is 0 Å². The number of phenolic OH excluding ortho intramolecular Hbond substituents is 1. The first-order valence-corrected chi connectivity index (χ1v) is 6.57. The summed E-state index contributed by atoms with van der Waals surface area (Å²) in [4.78, 5) is 10.9. The molecule has 0 aromatic heterocycles. The molecule has 0 atom stereocenters. The molecule has 1 fully saturated rings. The molecule has 0 saturated carbocycles. The summed E-state index contributed by atoms with van der Waals surface area (Å²) in [5, 5.41) is 20.4. The van der Waals surface area contributed by atoms with Crippen LogP contribution in [0, 0.1) is 0 Å². The molecule has 6 nitrogen and oxygen atoms in total. The molecule has 0 unspecified atom stereocenters. The van der Waals surface area contributed by atoms with E-state index in [4.69, 9.17) is 16.3 Å². The molecule has 1 aromatic carbocycles. The Labute approximate surface area is 118 Å². The molecule has 1 heterocycles. The monoisotopic (exact) mass is 299 g/mol. The summed E-state index contributed by atoms with van der Waals surface area (Å²) in [6.07, 6.45) is 1.42. The van der Waals surface area contributed by atoms with E-state index >= 15 is 0 Å². The number of thioether (sulfide) groups is 1. The first-order valence-electron chi connectivity index (χ1n) is 5.21. The minimum Gasteiger partial charge on any atom is -0.504 e. The topological polar surface area (TPSA) is 83.3 Å². The van der Waals surface area contributed by atoms with Crippen LogP contribution in [0.5, 0.6) is 11.5 Å². The van der Waals surface area contributed by atoms with Gasteiger partial charge in [-0.2, -0.15) is 5.10 Å². The van der Waals surface area contributed by atoms with Crippen LogP contribution in [-0.4, -0.2) is 35.3 Å². The quantitative estimate of drug-likeness (QED) is 0.656. The maximum absolute atomic E-state index is 10.9. The Morgan fingerprint density at radius 3 is 3.00 bits per heavy atom. The van der Waals surface area contributed by atoms with Crippen LogP contribution in [0.15, 0.2) is 22.3 Å². The van der Waals surface area contributed by atoms with E-state index < -0.39 is 0 Å². The highest BCUT2D eigenvalue weighted by atomic mass is 35.5. The van der Waals surface area contributed by atoms with Crippen LogP contribution in [0.25, 0.3) is 0 Å². The number of aromatic hydroxyl groups is 1. The van der Waals surface area contributed by atoms with Crippen molar-refractivity contribution < 1.29 is 14.6 Å². The van der Waals surface area contributed by atoms with Gasteiger partial charge in [-0.15, -0.1) is 5.10 Å². The van der Waals surface area contributed by atoms with Crippen molar-refractivity contribution in [2.75, 3.05) is 12.9 Å².